The highest BCUT2D eigenvalue weighted by Crippen LogP contribution is 2.42. The van der Waals surface area contributed by atoms with Gasteiger partial charge in [0, 0.05) is 5.56 Å². The van der Waals surface area contributed by atoms with Crippen LogP contribution in [0, 0.1) is 0 Å². The fraction of sp³-hybridized carbons (Fsp3) is 0.375. The van der Waals surface area contributed by atoms with Gasteiger partial charge in [-0.1, -0.05) is 27.7 Å². The fourth-order valence-electron chi connectivity index (χ4n) is 2.99. The first kappa shape index (κ1) is 21.5. The fourth-order valence-corrected chi connectivity index (χ4v) is 2.99. The summed E-state index contributed by atoms with van der Waals surface area (Å²) in [6, 6.07) is 8.08. The van der Waals surface area contributed by atoms with Crippen molar-refractivity contribution in [2.45, 2.75) is 59.5 Å². The number of ether oxygens (including phenoxy) is 1. The summed E-state index contributed by atoms with van der Waals surface area (Å²) in [7, 11) is 0. The Balaban J connectivity index is 2.58. The van der Waals surface area contributed by atoms with Crippen molar-refractivity contribution in [3.8, 4) is 17.2 Å². The molecule has 0 amide bonds. The lowest BCUT2D eigenvalue weighted by molar-refractivity contribution is 0.104. The first-order valence-corrected chi connectivity index (χ1v) is 9.69. The molecule has 150 valence electrons. The second kappa shape index (κ2) is 8.96. The summed E-state index contributed by atoms with van der Waals surface area (Å²) >= 11 is 0. The molecule has 0 aliphatic carbocycles. The molecule has 0 radical (unpaired) electrons. The molecule has 0 aliphatic heterocycles. The molecule has 4 nitrogen and oxygen atoms in total. The van der Waals surface area contributed by atoms with Crippen LogP contribution in [0.4, 0.5) is 0 Å². The molecule has 2 N–H and O–H groups in total. The van der Waals surface area contributed by atoms with Crippen LogP contribution >= 0.6 is 0 Å². The molecule has 4 heteroatoms. The standard InChI is InChI=1S/C24H30O4/c1-14(2)20-13-21(15(3)4)24(28-16(5)6)19(23(20)27)11-12-22(26)17-7-9-18(25)10-8-17/h7-16,25,27H,1-6H3/b12-11+. The van der Waals surface area contributed by atoms with Gasteiger partial charge in [-0.2, -0.15) is 0 Å². The van der Waals surface area contributed by atoms with E-state index in [0.29, 0.717) is 16.9 Å². The minimum Gasteiger partial charge on any atom is -0.508 e. The lowest BCUT2D eigenvalue weighted by Gasteiger charge is -2.23. The Morgan fingerprint density at radius 2 is 1.50 bits per heavy atom. The van der Waals surface area contributed by atoms with Gasteiger partial charge in [0.15, 0.2) is 5.78 Å². The molecule has 2 rings (SSSR count). The Morgan fingerprint density at radius 3 is 2.00 bits per heavy atom. The summed E-state index contributed by atoms with van der Waals surface area (Å²) in [4.78, 5) is 12.5. The second-order valence-corrected chi connectivity index (χ2v) is 7.87. The molecule has 2 aromatic carbocycles. The number of ketones is 1. The van der Waals surface area contributed by atoms with Gasteiger partial charge in [0.05, 0.1) is 11.7 Å². The predicted molar refractivity (Wildman–Crippen MR) is 114 cm³/mol. The van der Waals surface area contributed by atoms with Crippen molar-refractivity contribution in [3.05, 3.63) is 58.7 Å². The van der Waals surface area contributed by atoms with Crippen LogP contribution in [0.2, 0.25) is 0 Å². The highest BCUT2D eigenvalue weighted by molar-refractivity contribution is 6.07. The molecule has 0 atom stereocenters. The smallest absolute Gasteiger partial charge is 0.185 e. The lowest BCUT2D eigenvalue weighted by atomic mass is 9.90. The van der Waals surface area contributed by atoms with E-state index in [9.17, 15) is 15.0 Å². The van der Waals surface area contributed by atoms with Gasteiger partial charge in [0.1, 0.15) is 17.2 Å². The number of hydrogen-bond acceptors (Lipinski definition) is 4. The first-order valence-electron chi connectivity index (χ1n) is 9.69. The largest absolute Gasteiger partial charge is 0.508 e. The Hall–Kier alpha value is -2.75. The van der Waals surface area contributed by atoms with Crippen molar-refractivity contribution in [1.82, 2.24) is 0 Å². The Bertz CT molecular complexity index is 859. The third-order valence-electron chi connectivity index (χ3n) is 4.50. The number of aromatic hydroxyl groups is 2. The quantitative estimate of drug-likeness (QED) is 0.453. The van der Waals surface area contributed by atoms with Crippen molar-refractivity contribution < 1.29 is 19.7 Å². The van der Waals surface area contributed by atoms with Crippen molar-refractivity contribution in [3.63, 3.8) is 0 Å². The second-order valence-electron chi connectivity index (χ2n) is 7.87. The van der Waals surface area contributed by atoms with Gasteiger partial charge in [0.25, 0.3) is 0 Å². The number of benzene rings is 2. The Morgan fingerprint density at radius 1 is 0.929 bits per heavy atom. The van der Waals surface area contributed by atoms with E-state index in [2.05, 4.69) is 13.8 Å². The summed E-state index contributed by atoms with van der Waals surface area (Å²) < 4.78 is 6.05. The van der Waals surface area contributed by atoms with Gasteiger partial charge in [-0.3, -0.25) is 4.79 Å². The van der Waals surface area contributed by atoms with E-state index in [-0.39, 0.29) is 35.2 Å². The highest BCUT2D eigenvalue weighted by Gasteiger charge is 2.21. The molecule has 0 heterocycles. The zero-order valence-corrected chi connectivity index (χ0v) is 17.5. The van der Waals surface area contributed by atoms with Crippen molar-refractivity contribution in [2.24, 2.45) is 0 Å². The molecular weight excluding hydrogens is 352 g/mol. The molecule has 0 fully saturated rings. The number of allylic oxidation sites excluding steroid dienone is 1. The molecule has 0 aliphatic rings. The minimum atomic E-state index is -0.212. The van der Waals surface area contributed by atoms with E-state index < -0.39 is 0 Å². The zero-order valence-electron chi connectivity index (χ0n) is 17.5. The van der Waals surface area contributed by atoms with Crippen LogP contribution in [0.5, 0.6) is 17.2 Å². The zero-order chi connectivity index (χ0) is 21.0. The van der Waals surface area contributed by atoms with Crippen LogP contribution in [0.3, 0.4) is 0 Å². The van der Waals surface area contributed by atoms with Gasteiger partial charge in [-0.15, -0.1) is 0 Å². The third-order valence-corrected chi connectivity index (χ3v) is 4.50. The first-order chi connectivity index (χ1) is 13.1. The van der Waals surface area contributed by atoms with E-state index in [1.807, 2.05) is 33.8 Å². The van der Waals surface area contributed by atoms with Gasteiger partial charge in [0.2, 0.25) is 0 Å². The number of hydrogen-bond donors (Lipinski definition) is 2. The maximum atomic E-state index is 12.5. The van der Waals surface area contributed by atoms with Crippen LogP contribution in [0.1, 0.15) is 80.4 Å². The monoisotopic (exact) mass is 382 g/mol. The van der Waals surface area contributed by atoms with Crippen molar-refractivity contribution in [1.29, 1.82) is 0 Å². The van der Waals surface area contributed by atoms with Crippen LogP contribution in [-0.2, 0) is 0 Å². The van der Waals surface area contributed by atoms with Gasteiger partial charge >= 0.3 is 0 Å². The van der Waals surface area contributed by atoms with E-state index >= 15 is 0 Å². The van der Waals surface area contributed by atoms with Crippen molar-refractivity contribution >= 4 is 11.9 Å². The average Bonchev–Trinajstić information content (AvgIpc) is 2.60. The summed E-state index contributed by atoms with van der Waals surface area (Å²) in [5.41, 5.74) is 2.82. The number of phenolic OH excluding ortho intramolecular Hbond substituents is 2. The van der Waals surface area contributed by atoms with Crippen LogP contribution < -0.4 is 4.74 Å². The molecule has 0 unspecified atom stereocenters. The average molecular weight is 383 g/mol. The number of carbonyl (C=O) groups is 1. The van der Waals surface area contributed by atoms with Crippen molar-refractivity contribution in [2.75, 3.05) is 0 Å². The SMILES string of the molecule is CC(C)Oc1c(C(C)C)cc(C(C)C)c(O)c1/C=C/C(=O)c1ccc(O)cc1. The molecule has 0 saturated carbocycles. The number of carbonyl (C=O) groups excluding carboxylic acids is 1. The summed E-state index contributed by atoms with van der Waals surface area (Å²) in [5.74, 6) is 0.983. The maximum absolute atomic E-state index is 12.5. The molecule has 0 aromatic heterocycles. The molecule has 0 bridgehead atoms. The summed E-state index contributed by atoms with van der Waals surface area (Å²) in [6.07, 6.45) is 2.99. The van der Waals surface area contributed by atoms with Gasteiger partial charge < -0.3 is 14.9 Å². The summed E-state index contributed by atoms with van der Waals surface area (Å²) in [5, 5.41) is 20.3. The lowest BCUT2D eigenvalue weighted by Crippen LogP contribution is -2.11. The normalized spacial score (nSPS) is 11.8. The molecule has 28 heavy (non-hydrogen) atoms. The molecule has 0 spiro atoms. The summed E-state index contributed by atoms with van der Waals surface area (Å²) in [6.45, 7) is 12.1. The van der Waals surface area contributed by atoms with Gasteiger partial charge in [-0.05, 0) is 79.3 Å². The minimum absolute atomic E-state index is 0.0678. The Kier molecular flexibility index (Phi) is 6.90. The third kappa shape index (κ3) is 4.94. The highest BCUT2D eigenvalue weighted by atomic mass is 16.5. The Labute approximate surface area is 167 Å². The van der Waals surface area contributed by atoms with Crippen LogP contribution in [-0.4, -0.2) is 22.1 Å². The van der Waals surface area contributed by atoms with E-state index in [0.717, 1.165) is 11.1 Å². The molecule has 2 aromatic rings. The number of phenols is 2. The topological polar surface area (TPSA) is 66.8 Å². The molecule has 0 saturated heterocycles. The van der Waals surface area contributed by atoms with E-state index in [4.69, 9.17) is 4.74 Å². The maximum Gasteiger partial charge on any atom is 0.185 e. The van der Waals surface area contributed by atoms with Crippen LogP contribution in [0.15, 0.2) is 36.4 Å². The van der Waals surface area contributed by atoms with Gasteiger partial charge in [-0.25, -0.2) is 0 Å². The predicted octanol–water partition coefficient (Wildman–Crippen LogP) is 6.03. The number of rotatable bonds is 7. The van der Waals surface area contributed by atoms with Crippen LogP contribution in [0.25, 0.3) is 6.08 Å². The van der Waals surface area contributed by atoms with E-state index in [1.165, 1.54) is 18.2 Å². The van der Waals surface area contributed by atoms with E-state index in [1.54, 1.807) is 18.2 Å². The molecular formula is C24H30O4.